The summed E-state index contributed by atoms with van der Waals surface area (Å²) in [6, 6.07) is 13.2. The number of anilines is 1. The number of nitrogen functional groups attached to an aromatic ring is 1. The Morgan fingerprint density at radius 2 is 1.76 bits per heavy atom. The van der Waals surface area contributed by atoms with Crippen LogP contribution in [0, 0.1) is 0 Å². The lowest BCUT2D eigenvalue weighted by molar-refractivity contribution is 0.475. The summed E-state index contributed by atoms with van der Waals surface area (Å²) >= 11 is 0. The molecule has 1 heterocycles. The van der Waals surface area contributed by atoms with E-state index in [9.17, 15) is 9.90 Å². The van der Waals surface area contributed by atoms with E-state index in [1.165, 1.54) is 18.2 Å². The third kappa shape index (κ3) is 2.79. The van der Waals surface area contributed by atoms with E-state index >= 15 is 0 Å². The van der Waals surface area contributed by atoms with Crippen LogP contribution in [-0.4, -0.2) is 5.11 Å². The first-order chi connectivity index (χ1) is 10.1. The molecule has 3 N–H and O–H groups in total. The molecule has 0 spiro atoms. The van der Waals surface area contributed by atoms with Crippen LogP contribution in [0.2, 0.25) is 0 Å². The van der Waals surface area contributed by atoms with Crippen molar-refractivity contribution >= 4 is 28.8 Å². The van der Waals surface area contributed by atoms with Crippen LogP contribution in [0.4, 0.5) is 5.69 Å². The van der Waals surface area contributed by atoms with Gasteiger partial charge in [-0.05, 0) is 42.0 Å². The number of hydrogen-bond donors (Lipinski definition) is 2. The Labute approximate surface area is 120 Å². The Bertz CT molecular complexity index is 877. The SMILES string of the molecule is Nc1ccc(C=Cc2cc(=O)c3cc(O)ccc3o2)cc1. The Morgan fingerprint density at radius 3 is 2.52 bits per heavy atom. The number of hydrogen-bond acceptors (Lipinski definition) is 4. The summed E-state index contributed by atoms with van der Waals surface area (Å²) < 4.78 is 5.62. The maximum absolute atomic E-state index is 12.0. The quantitative estimate of drug-likeness (QED) is 0.706. The molecule has 0 aliphatic rings. The highest BCUT2D eigenvalue weighted by molar-refractivity contribution is 5.79. The van der Waals surface area contributed by atoms with E-state index in [2.05, 4.69) is 0 Å². The molecular weight excluding hydrogens is 266 g/mol. The normalized spacial score (nSPS) is 11.2. The number of fused-ring (bicyclic) bond motifs is 1. The Kier molecular flexibility index (Phi) is 3.20. The number of nitrogens with two attached hydrogens (primary N) is 1. The highest BCUT2D eigenvalue weighted by atomic mass is 16.3. The molecule has 0 aliphatic carbocycles. The molecule has 0 amide bonds. The van der Waals surface area contributed by atoms with Crippen molar-refractivity contribution in [3.63, 3.8) is 0 Å². The summed E-state index contributed by atoms with van der Waals surface area (Å²) in [4.78, 5) is 12.0. The van der Waals surface area contributed by atoms with Gasteiger partial charge in [-0.3, -0.25) is 4.79 Å². The van der Waals surface area contributed by atoms with Crippen LogP contribution in [-0.2, 0) is 0 Å². The third-order valence-corrected chi connectivity index (χ3v) is 3.11. The Balaban J connectivity index is 1.99. The number of aromatic hydroxyl groups is 1. The maximum atomic E-state index is 12.0. The average molecular weight is 279 g/mol. The van der Waals surface area contributed by atoms with Crippen molar-refractivity contribution in [1.29, 1.82) is 0 Å². The Hall–Kier alpha value is -3.01. The minimum absolute atomic E-state index is 0.0416. The van der Waals surface area contributed by atoms with Crippen molar-refractivity contribution in [1.82, 2.24) is 0 Å². The predicted octanol–water partition coefficient (Wildman–Crippen LogP) is 3.25. The first-order valence-corrected chi connectivity index (χ1v) is 6.42. The topological polar surface area (TPSA) is 76.5 Å². The fraction of sp³-hybridized carbons (Fsp3) is 0. The van der Waals surface area contributed by atoms with E-state index in [0.717, 1.165) is 5.56 Å². The van der Waals surface area contributed by atoms with Crippen LogP contribution in [0.1, 0.15) is 11.3 Å². The van der Waals surface area contributed by atoms with E-state index in [4.69, 9.17) is 10.2 Å². The lowest BCUT2D eigenvalue weighted by Gasteiger charge is -2.00. The molecule has 4 nitrogen and oxygen atoms in total. The first kappa shape index (κ1) is 13.0. The molecule has 4 heteroatoms. The van der Waals surface area contributed by atoms with Gasteiger partial charge >= 0.3 is 0 Å². The number of rotatable bonds is 2. The largest absolute Gasteiger partial charge is 0.508 e. The fourth-order valence-electron chi connectivity index (χ4n) is 2.03. The van der Waals surface area contributed by atoms with Crippen molar-refractivity contribution in [2.24, 2.45) is 0 Å². The average Bonchev–Trinajstić information content (AvgIpc) is 2.47. The van der Waals surface area contributed by atoms with Gasteiger partial charge in [-0.1, -0.05) is 18.2 Å². The smallest absolute Gasteiger partial charge is 0.193 e. The van der Waals surface area contributed by atoms with E-state index in [0.29, 0.717) is 22.4 Å². The highest BCUT2D eigenvalue weighted by Gasteiger charge is 2.03. The van der Waals surface area contributed by atoms with Gasteiger partial charge in [0.25, 0.3) is 0 Å². The molecule has 0 unspecified atom stereocenters. The highest BCUT2D eigenvalue weighted by Crippen LogP contribution is 2.19. The van der Waals surface area contributed by atoms with Crippen molar-refractivity contribution in [2.75, 3.05) is 5.73 Å². The lowest BCUT2D eigenvalue weighted by atomic mass is 10.1. The van der Waals surface area contributed by atoms with Gasteiger partial charge in [0.15, 0.2) is 5.43 Å². The second kappa shape index (κ2) is 5.17. The molecule has 0 bridgehead atoms. The summed E-state index contributed by atoms with van der Waals surface area (Å²) in [5, 5.41) is 9.75. The molecule has 3 rings (SSSR count). The fourth-order valence-corrected chi connectivity index (χ4v) is 2.03. The van der Waals surface area contributed by atoms with Gasteiger partial charge in [0.2, 0.25) is 0 Å². The maximum Gasteiger partial charge on any atom is 0.193 e. The molecule has 2 aromatic carbocycles. The van der Waals surface area contributed by atoms with Crippen LogP contribution in [0.3, 0.4) is 0 Å². The molecule has 0 atom stereocenters. The molecule has 0 fully saturated rings. The summed E-state index contributed by atoms with van der Waals surface area (Å²) in [6.45, 7) is 0. The van der Waals surface area contributed by atoms with E-state index in [1.54, 1.807) is 24.3 Å². The standard InChI is InChI=1S/C17H13NO3/c18-12-4-1-11(2-5-12)3-7-14-10-16(20)15-9-13(19)6-8-17(15)21-14/h1-10,19H,18H2. The minimum atomic E-state index is -0.191. The zero-order valence-electron chi connectivity index (χ0n) is 11.1. The van der Waals surface area contributed by atoms with E-state index in [1.807, 2.05) is 18.2 Å². The van der Waals surface area contributed by atoms with Crippen LogP contribution >= 0.6 is 0 Å². The van der Waals surface area contributed by atoms with Gasteiger partial charge in [0.1, 0.15) is 17.1 Å². The second-order valence-corrected chi connectivity index (χ2v) is 4.69. The van der Waals surface area contributed by atoms with Gasteiger partial charge in [-0.25, -0.2) is 0 Å². The first-order valence-electron chi connectivity index (χ1n) is 6.42. The number of benzene rings is 2. The molecule has 0 radical (unpaired) electrons. The van der Waals surface area contributed by atoms with Crippen molar-refractivity contribution < 1.29 is 9.52 Å². The van der Waals surface area contributed by atoms with Gasteiger partial charge in [0.05, 0.1) is 5.39 Å². The molecular formula is C17H13NO3. The van der Waals surface area contributed by atoms with Crippen molar-refractivity contribution in [2.45, 2.75) is 0 Å². The van der Waals surface area contributed by atoms with E-state index < -0.39 is 0 Å². The molecule has 0 saturated carbocycles. The van der Waals surface area contributed by atoms with Gasteiger partial charge < -0.3 is 15.3 Å². The number of phenolic OH excluding ortho intramolecular Hbond substituents is 1. The molecule has 3 aromatic rings. The summed E-state index contributed by atoms with van der Waals surface area (Å²) in [5.41, 5.74) is 7.53. The molecule has 0 aliphatic heterocycles. The molecule has 21 heavy (non-hydrogen) atoms. The van der Waals surface area contributed by atoms with Gasteiger partial charge in [-0.2, -0.15) is 0 Å². The zero-order chi connectivity index (χ0) is 14.8. The molecule has 1 aromatic heterocycles. The Morgan fingerprint density at radius 1 is 1.00 bits per heavy atom. The summed E-state index contributed by atoms with van der Waals surface area (Å²) in [5.74, 6) is 0.495. The zero-order valence-corrected chi connectivity index (χ0v) is 11.1. The van der Waals surface area contributed by atoms with Gasteiger partial charge in [-0.15, -0.1) is 0 Å². The van der Waals surface area contributed by atoms with Gasteiger partial charge in [0, 0.05) is 11.8 Å². The number of phenols is 1. The third-order valence-electron chi connectivity index (χ3n) is 3.11. The summed E-state index contributed by atoms with van der Waals surface area (Å²) in [7, 11) is 0. The van der Waals surface area contributed by atoms with Crippen molar-refractivity contribution in [3.05, 3.63) is 70.1 Å². The summed E-state index contributed by atoms with van der Waals surface area (Å²) in [6.07, 6.45) is 3.56. The van der Waals surface area contributed by atoms with E-state index in [-0.39, 0.29) is 11.2 Å². The van der Waals surface area contributed by atoms with Crippen LogP contribution < -0.4 is 11.2 Å². The second-order valence-electron chi connectivity index (χ2n) is 4.69. The van der Waals surface area contributed by atoms with Crippen LogP contribution in [0.5, 0.6) is 5.75 Å². The predicted molar refractivity (Wildman–Crippen MR) is 83.9 cm³/mol. The van der Waals surface area contributed by atoms with Crippen molar-refractivity contribution in [3.8, 4) is 5.75 Å². The lowest BCUT2D eigenvalue weighted by Crippen LogP contribution is -1.99. The molecule has 104 valence electrons. The van der Waals surface area contributed by atoms with Crippen LogP contribution in [0.15, 0.2) is 57.7 Å². The molecule has 0 saturated heterocycles. The minimum Gasteiger partial charge on any atom is -0.508 e. The monoisotopic (exact) mass is 279 g/mol. The van der Waals surface area contributed by atoms with Crippen LogP contribution in [0.25, 0.3) is 23.1 Å².